The molecule has 0 saturated heterocycles. The van der Waals surface area contributed by atoms with Gasteiger partial charge in [0, 0.05) is 17.6 Å². The number of nitrogens with zero attached hydrogens (tertiary/aromatic N) is 2. The minimum Gasteiger partial charge on any atom is -0.453 e. The maximum atomic E-state index is 11.4. The maximum absolute atomic E-state index is 11.4. The van der Waals surface area contributed by atoms with E-state index in [-0.39, 0.29) is 6.09 Å². The fourth-order valence-electron chi connectivity index (χ4n) is 1.32. The summed E-state index contributed by atoms with van der Waals surface area (Å²) in [4.78, 5) is 17.3. The van der Waals surface area contributed by atoms with Crippen molar-refractivity contribution in [3.63, 3.8) is 0 Å². The number of hydrogen-bond donors (Lipinski definition) is 0. The first-order valence-electron chi connectivity index (χ1n) is 4.54. The number of hydrogen-bond acceptors (Lipinski definition) is 4. The van der Waals surface area contributed by atoms with Crippen LogP contribution in [0.2, 0.25) is 0 Å². The Morgan fingerprint density at radius 1 is 1.79 bits per heavy atom. The van der Waals surface area contributed by atoms with Gasteiger partial charge in [-0.2, -0.15) is 0 Å². The van der Waals surface area contributed by atoms with Gasteiger partial charge < -0.3 is 4.74 Å². The van der Waals surface area contributed by atoms with Crippen molar-refractivity contribution in [1.29, 1.82) is 0 Å². The van der Waals surface area contributed by atoms with E-state index < -0.39 is 0 Å². The lowest BCUT2D eigenvalue weighted by Crippen LogP contribution is -2.32. The normalized spacial score (nSPS) is 15.2. The van der Waals surface area contributed by atoms with Crippen molar-refractivity contribution in [3.05, 3.63) is 16.6 Å². The zero-order valence-corrected chi connectivity index (χ0v) is 8.79. The van der Waals surface area contributed by atoms with Crippen LogP contribution in [0.3, 0.4) is 0 Å². The second-order valence-electron chi connectivity index (χ2n) is 3.25. The molecule has 0 aromatic carbocycles. The van der Waals surface area contributed by atoms with E-state index in [1.807, 2.05) is 5.38 Å². The summed E-state index contributed by atoms with van der Waals surface area (Å²) in [5.74, 6) is 0. The summed E-state index contributed by atoms with van der Waals surface area (Å²) in [5.41, 5.74) is 0. The van der Waals surface area contributed by atoms with Crippen LogP contribution in [-0.2, 0) is 11.3 Å². The van der Waals surface area contributed by atoms with Crippen molar-refractivity contribution in [2.75, 3.05) is 7.11 Å². The van der Waals surface area contributed by atoms with Crippen LogP contribution >= 0.6 is 11.3 Å². The molecule has 4 nitrogen and oxygen atoms in total. The molecule has 1 aliphatic carbocycles. The molecule has 0 atom stereocenters. The number of carbonyl (C=O) groups is 1. The van der Waals surface area contributed by atoms with Crippen LogP contribution < -0.4 is 0 Å². The SMILES string of the molecule is COC(=O)N(Cc1nccs1)C1CC1. The molecular weight excluding hydrogens is 200 g/mol. The van der Waals surface area contributed by atoms with Gasteiger partial charge in [-0.1, -0.05) is 0 Å². The Hall–Kier alpha value is -1.10. The fraction of sp³-hybridized carbons (Fsp3) is 0.556. The monoisotopic (exact) mass is 212 g/mol. The molecule has 14 heavy (non-hydrogen) atoms. The Morgan fingerprint density at radius 2 is 2.57 bits per heavy atom. The third-order valence-electron chi connectivity index (χ3n) is 2.19. The van der Waals surface area contributed by atoms with Crippen LogP contribution in [0.15, 0.2) is 11.6 Å². The summed E-state index contributed by atoms with van der Waals surface area (Å²) in [6.45, 7) is 0.578. The van der Waals surface area contributed by atoms with Gasteiger partial charge in [0.2, 0.25) is 0 Å². The molecule has 5 heteroatoms. The first-order chi connectivity index (χ1) is 6.81. The van der Waals surface area contributed by atoms with E-state index >= 15 is 0 Å². The van der Waals surface area contributed by atoms with Crippen molar-refractivity contribution in [3.8, 4) is 0 Å². The quantitative estimate of drug-likeness (QED) is 0.768. The molecule has 0 bridgehead atoms. The van der Waals surface area contributed by atoms with Crippen LogP contribution in [0.1, 0.15) is 17.8 Å². The lowest BCUT2D eigenvalue weighted by Gasteiger charge is -2.18. The molecule has 0 N–H and O–H groups in total. The molecule has 1 aromatic rings. The minimum absolute atomic E-state index is 0.247. The Bertz CT molecular complexity index is 309. The van der Waals surface area contributed by atoms with Crippen molar-refractivity contribution >= 4 is 17.4 Å². The smallest absolute Gasteiger partial charge is 0.410 e. The third-order valence-corrected chi connectivity index (χ3v) is 2.95. The van der Waals surface area contributed by atoms with Gasteiger partial charge in [0.25, 0.3) is 0 Å². The lowest BCUT2D eigenvalue weighted by molar-refractivity contribution is 0.118. The van der Waals surface area contributed by atoms with Gasteiger partial charge >= 0.3 is 6.09 Å². The highest BCUT2D eigenvalue weighted by molar-refractivity contribution is 7.09. The van der Waals surface area contributed by atoms with Gasteiger partial charge in [0.15, 0.2) is 0 Å². The number of ether oxygens (including phenoxy) is 1. The molecule has 1 aromatic heterocycles. The molecule has 1 fully saturated rings. The topological polar surface area (TPSA) is 42.4 Å². The van der Waals surface area contributed by atoms with Crippen LogP contribution in [0.5, 0.6) is 0 Å². The van der Waals surface area contributed by atoms with Crippen molar-refractivity contribution in [2.24, 2.45) is 0 Å². The van der Waals surface area contributed by atoms with E-state index in [1.165, 1.54) is 7.11 Å². The van der Waals surface area contributed by atoms with E-state index in [1.54, 1.807) is 22.4 Å². The summed E-state index contributed by atoms with van der Waals surface area (Å²) >= 11 is 1.56. The third kappa shape index (κ3) is 2.04. The minimum atomic E-state index is -0.247. The Morgan fingerprint density at radius 3 is 3.07 bits per heavy atom. The van der Waals surface area contributed by atoms with Gasteiger partial charge in [0.1, 0.15) is 5.01 Å². The molecule has 0 radical (unpaired) electrons. The fourth-order valence-corrected chi connectivity index (χ4v) is 1.94. The second kappa shape index (κ2) is 3.96. The molecule has 1 amide bonds. The predicted molar refractivity (Wildman–Crippen MR) is 53.1 cm³/mol. The molecule has 0 unspecified atom stereocenters. The average Bonchev–Trinajstić information content (AvgIpc) is 2.92. The van der Waals surface area contributed by atoms with Crippen molar-refractivity contribution in [2.45, 2.75) is 25.4 Å². The molecule has 0 spiro atoms. The standard InChI is InChI=1S/C9H12N2O2S/c1-13-9(12)11(7-2-3-7)6-8-10-4-5-14-8/h4-5,7H,2-3,6H2,1H3. The van der Waals surface area contributed by atoms with E-state index in [0.29, 0.717) is 12.6 Å². The van der Waals surface area contributed by atoms with Gasteiger partial charge in [0.05, 0.1) is 13.7 Å². The number of aromatic nitrogens is 1. The number of thiazole rings is 1. The lowest BCUT2D eigenvalue weighted by atomic mass is 10.5. The summed E-state index contributed by atoms with van der Waals surface area (Å²) in [6, 6.07) is 0.367. The van der Waals surface area contributed by atoms with Gasteiger partial charge in [-0.05, 0) is 12.8 Å². The average molecular weight is 212 g/mol. The van der Waals surface area contributed by atoms with Crippen molar-refractivity contribution in [1.82, 2.24) is 9.88 Å². The number of amides is 1. The first-order valence-corrected chi connectivity index (χ1v) is 5.42. The zero-order chi connectivity index (χ0) is 9.97. The van der Waals surface area contributed by atoms with E-state index in [9.17, 15) is 4.79 Å². The van der Waals surface area contributed by atoms with E-state index in [2.05, 4.69) is 4.98 Å². The summed E-state index contributed by atoms with van der Waals surface area (Å²) in [6.07, 6.45) is 3.67. The maximum Gasteiger partial charge on any atom is 0.410 e. The van der Waals surface area contributed by atoms with E-state index in [4.69, 9.17) is 4.74 Å². The molecule has 1 aliphatic rings. The Balaban J connectivity index is 2.00. The number of methoxy groups -OCH3 is 1. The van der Waals surface area contributed by atoms with Crippen LogP contribution in [0, 0.1) is 0 Å². The largest absolute Gasteiger partial charge is 0.453 e. The molecule has 1 heterocycles. The highest BCUT2D eigenvalue weighted by Crippen LogP contribution is 2.29. The van der Waals surface area contributed by atoms with Crippen LogP contribution in [0.4, 0.5) is 4.79 Å². The Kier molecular flexibility index (Phi) is 2.67. The number of carbonyl (C=O) groups excluding carboxylic acids is 1. The molecular formula is C9H12N2O2S. The molecule has 1 saturated carbocycles. The molecule has 76 valence electrons. The van der Waals surface area contributed by atoms with Crippen LogP contribution in [-0.4, -0.2) is 29.1 Å². The number of rotatable bonds is 3. The summed E-state index contributed by atoms with van der Waals surface area (Å²) in [5, 5.41) is 2.87. The second-order valence-corrected chi connectivity index (χ2v) is 4.23. The summed E-state index contributed by atoms with van der Waals surface area (Å²) in [7, 11) is 1.42. The van der Waals surface area contributed by atoms with Crippen LogP contribution in [0.25, 0.3) is 0 Å². The highest BCUT2D eigenvalue weighted by atomic mass is 32.1. The predicted octanol–water partition coefficient (Wildman–Crippen LogP) is 1.87. The van der Waals surface area contributed by atoms with Gasteiger partial charge in [-0.15, -0.1) is 11.3 Å². The van der Waals surface area contributed by atoms with Gasteiger partial charge in [-0.3, -0.25) is 4.90 Å². The van der Waals surface area contributed by atoms with Crippen molar-refractivity contribution < 1.29 is 9.53 Å². The Labute approximate surface area is 86.5 Å². The molecule has 2 rings (SSSR count). The van der Waals surface area contributed by atoms with Gasteiger partial charge in [-0.25, -0.2) is 9.78 Å². The first kappa shape index (κ1) is 9.45. The highest BCUT2D eigenvalue weighted by Gasteiger charge is 2.33. The summed E-state index contributed by atoms with van der Waals surface area (Å²) < 4.78 is 4.73. The zero-order valence-electron chi connectivity index (χ0n) is 7.97. The van der Waals surface area contributed by atoms with E-state index in [0.717, 1.165) is 17.8 Å². The molecule has 0 aliphatic heterocycles.